The molecule has 0 aromatic carbocycles. The van der Waals surface area contributed by atoms with E-state index in [1.54, 1.807) is 0 Å². The molecule has 2 rings (SSSR count). The minimum absolute atomic E-state index is 0.505. The SMILES string of the molecule is C[C@@H]1OPN2CCC[C@H]12. The van der Waals surface area contributed by atoms with Crippen LogP contribution >= 0.6 is 8.96 Å². The number of hydrogen-bond acceptors (Lipinski definition) is 2. The lowest BCUT2D eigenvalue weighted by Gasteiger charge is -2.11. The minimum Gasteiger partial charge on any atom is -0.342 e. The zero-order chi connectivity index (χ0) is 6.27. The molecular weight excluding hydrogens is 133 g/mol. The molecule has 1 unspecified atom stereocenters. The van der Waals surface area contributed by atoms with Gasteiger partial charge in [0.2, 0.25) is 0 Å². The fraction of sp³-hybridized carbons (Fsp3) is 1.00. The van der Waals surface area contributed by atoms with E-state index in [-0.39, 0.29) is 0 Å². The van der Waals surface area contributed by atoms with Gasteiger partial charge in [-0.3, -0.25) is 4.67 Å². The lowest BCUT2D eigenvalue weighted by Crippen LogP contribution is -2.24. The summed E-state index contributed by atoms with van der Waals surface area (Å²) in [7, 11) is 0.656. The van der Waals surface area contributed by atoms with Crippen molar-refractivity contribution in [1.29, 1.82) is 0 Å². The Bertz CT molecular complexity index is 120. The summed E-state index contributed by atoms with van der Waals surface area (Å²) in [6, 6.07) is 0.767. The normalized spacial score (nSPS) is 46.3. The van der Waals surface area contributed by atoms with Gasteiger partial charge in [-0.15, -0.1) is 0 Å². The molecule has 3 atom stereocenters. The molecule has 2 heterocycles. The third-order valence-electron chi connectivity index (χ3n) is 2.20. The van der Waals surface area contributed by atoms with Crippen molar-refractivity contribution in [1.82, 2.24) is 4.67 Å². The van der Waals surface area contributed by atoms with E-state index in [0.717, 1.165) is 6.04 Å². The minimum atomic E-state index is 0.505. The lowest BCUT2D eigenvalue weighted by molar-refractivity contribution is 0.233. The number of hydrogen-bond donors (Lipinski definition) is 0. The van der Waals surface area contributed by atoms with Crippen molar-refractivity contribution in [3.8, 4) is 0 Å². The highest BCUT2D eigenvalue weighted by Crippen LogP contribution is 2.41. The van der Waals surface area contributed by atoms with Crippen LogP contribution < -0.4 is 0 Å². The predicted molar refractivity (Wildman–Crippen MR) is 38.6 cm³/mol. The van der Waals surface area contributed by atoms with E-state index in [4.69, 9.17) is 4.52 Å². The van der Waals surface area contributed by atoms with Crippen molar-refractivity contribution >= 4 is 8.96 Å². The van der Waals surface area contributed by atoms with Gasteiger partial charge in [0.25, 0.3) is 0 Å². The van der Waals surface area contributed by atoms with Crippen LogP contribution in [0.2, 0.25) is 0 Å². The summed E-state index contributed by atoms with van der Waals surface area (Å²) in [6.07, 6.45) is 3.24. The molecule has 2 fully saturated rings. The fourth-order valence-corrected chi connectivity index (χ4v) is 2.81. The van der Waals surface area contributed by atoms with Gasteiger partial charge in [-0.2, -0.15) is 0 Å². The Morgan fingerprint density at radius 3 is 3.33 bits per heavy atom. The average Bonchev–Trinajstić information content (AvgIpc) is 2.35. The summed E-state index contributed by atoms with van der Waals surface area (Å²) in [4.78, 5) is 0. The van der Waals surface area contributed by atoms with Gasteiger partial charge in [0, 0.05) is 12.6 Å². The second-order valence-corrected chi connectivity index (χ2v) is 3.81. The summed E-state index contributed by atoms with van der Waals surface area (Å²) >= 11 is 0. The molecular formula is C6H12NOP. The van der Waals surface area contributed by atoms with Crippen molar-refractivity contribution < 1.29 is 4.52 Å². The Morgan fingerprint density at radius 2 is 2.56 bits per heavy atom. The molecule has 2 saturated heterocycles. The average molecular weight is 145 g/mol. The monoisotopic (exact) mass is 145 g/mol. The van der Waals surface area contributed by atoms with Gasteiger partial charge in [-0.25, -0.2) is 0 Å². The lowest BCUT2D eigenvalue weighted by atomic mass is 10.1. The van der Waals surface area contributed by atoms with E-state index in [1.165, 1.54) is 19.4 Å². The highest BCUT2D eigenvalue weighted by molar-refractivity contribution is 7.29. The summed E-state index contributed by atoms with van der Waals surface area (Å²) in [5.74, 6) is 0. The first kappa shape index (κ1) is 6.09. The molecule has 0 saturated carbocycles. The maximum atomic E-state index is 5.47. The van der Waals surface area contributed by atoms with Gasteiger partial charge in [-0.05, 0) is 19.8 Å². The summed E-state index contributed by atoms with van der Waals surface area (Å²) in [5, 5.41) is 0. The molecule has 3 heteroatoms. The second kappa shape index (κ2) is 2.19. The van der Waals surface area contributed by atoms with E-state index in [9.17, 15) is 0 Å². The quantitative estimate of drug-likeness (QED) is 0.477. The summed E-state index contributed by atoms with van der Waals surface area (Å²) in [5.41, 5.74) is 0. The Morgan fingerprint density at radius 1 is 1.67 bits per heavy atom. The molecule has 9 heavy (non-hydrogen) atoms. The molecule has 2 aliphatic rings. The highest BCUT2D eigenvalue weighted by Gasteiger charge is 2.35. The van der Waals surface area contributed by atoms with Crippen LogP contribution in [-0.2, 0) is 4.52 Å². The third-order valence-corrected chi connectivity index (χ3v) is 3.46. The Hall–Kier alpha value is 0.350. The van der Waals surface area contributed by atoms with Crippen LogP contribution in [0.1, 0.15) is 19.8 Å². The maximum Gasteiger partial charge on any atom is 0.0897 e. The van der Waals surface area contributed by atoms with Crippen LogP contribution in [0.4, 0.5) is 0 Å². The van der Waals surface area contributed by atoms with E-state index in [0.29, 0.717) is 15.1 Å². The summed E-state index contributed by atoms with van der Waals surface area (Å²) in [6.45, 7) is 3.45. The first-order valence-electron chi connectivity index (χ1n) is 3.56. The Balaban J connectivity index is 2.07. The van der Waals surface area contributed by atoms with Crippen molar-refractivity contribution in [2.24, 2.45) is 0 Å². The third kappa shape index (κ3) is 0.899. The number of fused-ring (bicyclic) bond motifs is 1. The summed E-state index contributed by atoms with van der Waals surface area (Å²) < 4.78 is 7.94. The van der Waals surface area contributed by atoms with Crippen molar-refractivity contribution in [2.75, 3.05) is 6.54 Å². The molecule has 0 amide bonds. The predicted octanol–water partition coefficient (Wildman–Crippen LogP) is 1.38. The topological polar surface area (TPSA) is 12.5 Å². The molecule has 0 N–H and O–H groups in total. The molecule has 2 aliphatic heterocycles. The van der Waals surface area contributed by atoms with Crippen LogP contribution in [0.15, 0.2) is 0 Å². The fourth-order valence-electron chi connectivity index (χ4n) is 1.62. The van der Waals surface area contributed by atoms with Gasteiger partial charge in [-0.1, -0.05) is 0 Å². The van der Waals surface area contributed by atoms with Gasteiger partial charge >= 0.3 is 0 Å². The smallest absolute Gasteiger partial charge is 0.0897 e. The first-order valence-corrected chi connectivity index (χ1v) is 4.41. The zero-order valence-electron chi connectivity index (χ0n) is 5.63. The standard InChI is InChI=1S/C6H12NOP/c1-5-6-3-2-4-7(6)9-8-5/h5-6,9H,2-4H2,1H3/t5-,6+/m0/s1. The Labute approximate surface area is 57.5 Å². The van der Waals surface area contributed by atoms with Crippen LogP contribution in [-0.4, -0.2) is 23.4 Å². The van der Waals surface area contributed by atoms with Crippen molar-refractivity contribution in [3.05, 3.63) is 0 Å². The molecule has 0 aromatic rings. The van der Waals surface area contributed by atoms with Gasteiger partial charge in [0.15, 0.2) is 0 Å². The molecule has 0 radical (unpaired) electrons. The zero-order valence-corrected chi connectivity index (χ0v) is 6.63. The molecule has 0 spiro atoms. The van der Waals surface area contributed by atoms with Crippen molar-refractivity contribution in [3.63, 3.8) is 0 Å². The molecule has 0 bridgehead atoms. The van der Waals surface area contributed by atoms with E-state index in [1.807, 2.05) is 0 Å². The molecule has 0 aliphatic carbocycles. The van der Waals surface area contributed by atoms with Gasteiger partial charge in [0.1, 0.15) is 0 Å². The van der Waals surface area contributed by atoms with E-state index >= 15 is 0 Å². The van der Waals surface area contributed by atoms with Gasteiger partial charge < -0.3 is 4.52 Å². The van der Waals surface area contributed by atoms with E-state index in [2.05, 4.69) is 11.6 Å². The van der Waals surface area contributed by atoms with Crippen LogP contribution in [0.5, 0.6) is 0 Å². The maximum absolute atomic E-state index is 5.47. The Kier molecular flexibility index (Phi) is 1.48. The molecule has 0 aromatic heterocycles. The van der Waals surface area contributed by atoms with E-state index < -0.39 is 0 Å². The van der Waals surface area contributed by atoms with Crippen LogP contribution in [0, 0.1) is 0 Å². The molecule has 52 valence electrons. The molecule has 2 nitrogen and oxygen atoms in total. The number of rotatable bonds is 0. The van der Waals surface area contributed by atoms with Crippen LogP contribution in [0.3, 0.4) is 0 Å². The first-order chi connectivity index (χ1) is 4.38. The van der Waals surface area contributed by atoms with Crippen LogP contribution in [0.25, 0.3) is 0 Å². The largest absolute Gasteiger partial charge is 0.342 e. The second-order valence-electron chi connectivity index (χ2n) is 2.82. The van der Waals surface area contributed by atoms with Gasteiger partial charge in [0.05, 0.1) is 15.1 Å². The van der Waals surface area contributed by atoms with Crippen molar-refractivity contribution in [2.45, 2.75) is 31.9 Å². The number of nitrogens with zero attached hydrogens (tertiary/aromatic N) is 1. The highest BCUT2D eigenvalue weighted by atomic mass is 31.1.